The van der Waals surface area contributed by atoms with Crippen LogP contribution in [0.2, 0.25) is 10.0 Å². The number of hydrogen-bond acceptors (Lipinski definition) is 2. The predicted molar refractivity (Wildman–Crippen MR) is 87.8 cm³/mol. The highest BCUT2D eigenvalue weighted by atomic mass is 35.5. The van der Waals surface area contributed by atoms with Gasteiger partial charge in [0.1, 0.15) is 0 Å². The molecule has 20 heavy (non-hydrogen) atoms. The van der Waals surface area contributed by atoms with Crippen LogP contribution < -0.4 is 5.32 Å². The average molecular weight is 315 g/mol. The molecule has 0 aliphatic carbocycles. The maximum atomic E-state index is 6.44. The van der Waals surface area contributed by atoms with E-state index in [0.717, 1.165) is 37.6 Å². The van der Waals surface area contributed by atoms with Crippen LogP contribution in [0.15, 0.2) is 18.2 Å². The van der Waals surface area contributed by atoms with Crippen molar-refractivity contribution in [2.45, 2.75) is 38.6 Å². The number of halogens is 2. The van der Waals surface area contributed by atoms with E-state index in [1.165, 1.54) is 24.8 Å². The summed E-state index contributed by atoms with van der Waals surface area (Å²) in [7, 11) is 0. The van der Waals surface area contributed by atoms with Crippen molar-refractivity contribution >= 4 is 23.2 Å². The third-order valence-electron chi connectivity index (χ3n) is 3.97. The molecule has 1 aliphatic heterocycles. The molecule has 2 nitrogen and oxygen atoms in total. The first-order valence-electron chi connectivity index (χ1n) is 7.62. The van der Waals surface area contributed by atoms with E-state index < -0.39 is 0 Å². The molecule has 0 radical (unpaired) electrons. The van der Waals surface area contributed by atoms with Crippen LogP contribution >= 0.6 is 23.2 Å². The van der Waals surface area contributed by atoms with Gasteiger partial charge in [-0.2, -0.15) is 0 Å². The molecule has 1 aliphatic rings. The summed E-state index contributed by atoms with van der Waals surface area (Å²) in [5.74, 6) is 0. The second-order valence-electron chi connectivity index (χ2n) is 5.46. The SMILES string of the molecule is CCCCC(c1ccc(Cl)cc1Cl)N1CCCNCC1. The summed E-state index contributed by atoms with van der Waals surface area (Å²) >= 11 is 12.5. The quantitative estimate of drug-likeness (QED) is 0.859. The van der Waals surface area contributed by atoms with Crippen molar-refractivity contribution in [1.82, 2.24) is 10.2 Å². The average Bonchev–Trinajstić information content (AvgIpc) is 2.70. The van der Waals surface area contributed by atoms with E-state index in [2.05, 4.69) is 23.2 Å². The van der Waals surface area contributed by atoms with Gasteiger partial charge in [0.25, 0.3) is 0 Å². The molecule has 1 unspecified atom stereocenters. The summed E-state index contributed by atoms with van der Waals surface area (Å²) in [5.41, 5.74) is 1.23. The minimum atomic E-state index is 0.416. The van der Waals surface area contributed by atoms with Gasteiger partial charge in [0.05, 0.1) is 0 Å². The monoisotopic (exact) mass is 314 g/mol. The van der Waals surface area contributed by atoms with Crippen LogP contribution in [0.1, 0.15) is 44.2 Å². The van der Waals surface area contributed by atoms with Crippen molar-refractivity contribution in [2.24, 2.45) is 0 Å². The van der Waals surface area contributed by atoms with Gasteiger partial charge >= 0.3 is 0 Å². The molecule has 1 saturated heterocycles. The summed E-state index contributed by atoms with van der Waals surface area (Å²) in [6, 6.07) is 6.34. The third-order valence-corrected chi connectivity index (χ3v) is 4.53. The fourth-order valence-corrected chi connectivity index (χ4v) is 3.42. The minimum absolute atomic E-state index is 0.416. The molecule has 1 aromatic carbocycles. The molecule has 1 N–H and O–H groups in total. The van der Waals surface area contributed by atoms with Crippen LogP contribution in [0.5, 0.6) is 0 Å². The Hall–Kier alpha value is -0.280. The van der Waals surface area contributed by atoms with E-state index in [1.807, 2.05) is 12.1 Å². The minimum Gasteiger partial charge on any atom is -0.315 e. The van der Waals surface area contributed by atoms with Gasteiger partial charge in [-0.05, 0) is 37.1 Å². The molecule has 1 heterocycles. The second-order valence-corrected chi connectivity index (χ2v) is 6.31. The van der Waals surface area contributed by atoms with E-state index >= 15 is 0 Å². The van der Waals surface area contributed by atoms with E-state index in [0.29, 0.717) is 11.1 Å². The van der Waals surface area contributed by atoms with Crippen molar-refractivity contribution in [1.29, 1.82) is 0 Å². The van der Waals surface area contributed by atoms with Gasteiger partial charge in [-0.3, -0.25) is 4.90 Å². The zero-order valence-corrected chi connectivity index (χ0v) is 13.7. The van der Waals surface area contributed by atoms with Crippen LogP contribution in [0.4, 0.5) is 0 Å². The number of nitrogens with one attached hydrogen (secondary N) is 1. The number of unbranched alkanes of at least 4 members (excludes halogenated alkanes) is 1. The molecule has 0 aromatic heterocycles. The molecule has 0 saturated carbocycles. The zero-order valence-electron chi connectivity index (χ0n) is 12.2. The van der Waals surface area contributed by atoms with Gasteiger partial charge in [-0.25, -0.2) is 0 Å². The zero-order chi connectivity index (χ0) is 14.4. The van der Waals surface area contributed by atoms with Crippen molar-refractivity contribution in [3.63, 3.8) is 0 Å². The van der Waals surface area contributed by atoms with Crippen molar-refractivity contribution in [3.05, 3.63) is 33.8 Å². The van der Waals surface area contributed by atoms with Crippen LogP contribution in [0.3, 0.4) is 0 Å². The Labute approximate surface area is 132 Å². The topological polar surface area (TPSA) is 15.3 Å². The molecule has 112 valence electrons. The summed E-state index contributed by atoms with van der Waals surface area (Å²) in [6.45, 7) is 6.65. The molecule has 1 fully saturated rings. The van der Waals surface area contributed by atoms with E-state index in [1.54, 1.807) is 0 Å². The van der Waals surface area contributed by atoms with Crippen LogP contribution in [-0.2, 0) is 0 Å². The highest BCUT2D eigenvalue weighted by Gasteiger charge is 2.22. The first-order valence-corrected chi connectivity index (χ1v) is 8.37. The van der Waals surface area contributed by atoms with E-state index in [-0.39, 0.29) is 0 Å². The predicted octanol–water partition coefficient (Wildman–Crippen LogP) is 4.52. The van der Waals surface area contributed by atoms with Crippen molar-refractivity contribution in [3.8, 4) is 0 Å². The highest BCUT2D eigenvalue weighted by molar-refractivity contribution is 6.35. The molecule has 1 atom stereocenters. The first-order chi connectivity index (χ1) is 9.72. The smallest absolute Gasteiger partial charge is 0.0468 e. The lowest BCUT2D eigenvalue weighted by atomic mass is 9.99. The lowest BCUT2D eigenvalue weighted by Crippen LogP contribution is -2.32. The lowest BCUT2D eigenvalue weighted by Gasteiger charge is -2.31. The Morgan fingerprint density at radius 3 is 2.85 bits per heavy atom. The second kappa shape index (κ2) is 8.23. The van der Waals surface area contributed by atoms with E-state index in [4.69, 9.17) is 23.2 Å². The molecule has 0 amide bonds. The number of benzene rings is 1. The lowest BCUT2D eigenvalue weighted by molar-refractivity contribution is 0.197. The Bertz CT molecular complexity index is 415. The Balaban J connectivity index is 2.20. The van der Waals surface area contributed by atoms with Crippen LogP contribution in [0.25, 0.3) is 0 Å². The fraction of sp³-hybridized carbons (Fsp3) is 0.625. The number of rotatable bonds is 5. The Kier molecular flexibility index (Phi) is 6.63. The van der Waals surface area contributed by atoms with Crippen LogP contribution in [0, 0.1) is 0 Å². The summed E-state index contributed by atoms with van der Waals surface area (Å²) in [5, 5.41) is 4.98. The van der Waals surface area contributed by atoms with Gasteiger partial charge in [-0.1, -0.05) is 49.0 Å². The van der Waals surface area contributed by atoms with Gasteiger partial charge in [0.15, 0.2) is 0 Å². The van der Waals surface area contributed by atoms with Gasteiger partial charge in [-0.15, -0.1) is 0 Å². The summed E-state index contributed by atoms with van der Waals surface area (Å²) in [4.78, 5) is 2.57. The molecule has 0 bridgehead atoms. The Morgan fingerprint density at radius 2 is 2.10 bits per heavy atom. The molecular formula is C16H24Cl2N2. The third kappa shape index (κ3) is 4.36. The number of hydrogen-bond donors (Lipinski definition) is 1. The number of nitrogens with zero attached hydrogens (tertiary/aromatic N) is 1. The summed E-state index contributed by atoms with van der Waals surface area (Å²) in [6.07, 6.45) is 4.81. The highest BCUT2D eigenvalue weighted by Crippen LogP contribution is 2.33. The molecule has 2 rings (SSSR count). The molecule has 4 heteroatoms. The normalized spacial score (nSPS) is 18.8. The maximum Gasteiger partial charge on any atom is 0.0468 e. The molecular weight excluding hydrogens is 291 g/mol. The van der Waals surface area contributed by atoms with Gasteiger partial charge in [0, 0.05) is 35.7 Å². The van der Waals surface area contributed by atoms with Crippen molar-refractivity contribution in [2.75, 3.05) is 26.2 Å². The Morgan fingerprint density at radius 1 is 1.25 bits per heavy atom. The van der Waals surface area contributed by atoms with Gasteiger partial charge < -0.3 is 5.32 Å². The van der Waals surface area contributed by atoms with Crippen molar-refractivity contribution < 1.29 is 0 Å². The largest absolute Gasteiger partial charge is 0.315 e. The summed E-state index contributed by atoms with van der Waals surface area (Å²) < 4.78 is 0. The first kappa shape index (κ1) is 16.1. The molecule has 1 aromatic rings. The van der Waals surface area contributed by atoms with Crippen LogP contribution in [-0.4, -0.2) is 31.1 Å². The van der Waals surface area contributed by atoms with Gasteiger partial charge in [0.2, 0.25) is 0 Å². The fourth-order valence-electron chi connectivity index (χ4n) is 2.88. The molecule has 0 spiro atoms. The van der Waals surface area contributed by atoms with E-state index in [9.17, 15) is 0 Å². The maximum absolute atomic E-state index is 6.44. The standard InChI is InChI=1S/C16H24Cl2N2/c1-2-3-5-16(20-10-4-8-19-9-11-20)14-7-6-13(17)12-15(14)18/h6-7,12,16,19H,2-5,8-11H2,1H3.